The van der Waals surface area contributed by atoms with Crippen molar-refractivity contribution < 1.29 is 9.90 Å². The summed E-state index contributed by atoms with van der Waals surface area (Å²) < 4.78 is 0. The minimum absolute atomic E-state index is 0.0907. The molecule has 0 spiro atoms. The third-order valence-electron chi connectivity index (χ3n) is 1.59. The average molecular weight is 248 g/mol. The molecule has 1 aromatic rings. The molecule has 1 rings (SSSR count). The molecule has 82 valence electrons. The molecule has 5 nitrogen and oxygen atoms in total. The van der Waals surface area contributed by atoms with Crippen LogP contribution in [0.15, 0.2) is 11.1 Å². The Morgan fingerprint density at radius 1 is 1.73 bits per heavy atom. The van der Waals surface area contributed by atoms with Crippen molar-refractivity contribution in [2.45, 2.75) is 11.9 Å². The van der Waals surface area contributed by atoms with Crippen LogP contribution >= 0.6 is 23.4 Å². The molecule has 3 N–H and O–H groups in total. The van der Waals surface area contributed by atoms with Crippen molar-refractivity contribution in [1.82, 2.24) is 9.97 Å². The van der Waals surface area contributed by atoms with E-state index >= 15 is 0 Å². The van der Waals surface area contributed by atoms with Crippen LogP contribution in [0.1, 0.15) is 6.92 Å². The molecule has 0 aliphatic heterocycles. The van der Waals surface area contributed by atoms with Gasteiger partial charge in [0.15, 0.2) is 0 Å². The monoisotopic (exact) mass is 247 g/mol. The number of hydrogen-bond acceptors (Lipinski definition) is 5. The van der Waals surface area contributed by atoms with Crippen molar-refractivity contribution in [3.05, 3.63) is 11.2 Å². The van der Waals surface area contributed by atoms with Gasteiger partial charge >= 0.3 is 5.97 Å². The van der Waals surface area contributed by atoms with Crippen LogP contribution < -0.4 is 5.73 Å². The highest BCUT2D eigenvalue weighted by molar-refractivity contribution is 7.99. The number of carboxylic acid groups (broad SMARTS) is 1. The molecule has 0 aliphatic carbocycles. The Morgan fingerprint density at radius 3 is 2.93 bits per heavy atom. The Balaban J connectivity index is 2.61. The van der Waals surface area contributed by atoms with Gasteiger partial charge in [-0.05, 0) is 0 Å². The van der Waals surface area contributed by atoms with E-state index in [1.165, 1.54) is 11.8 Å². The smallest absolute Gasteiger partial charge is 0.307 e. The van der Waals surface area contributed by atoms with Gasteiger partial charge in [-0.1, -0.05) is 18.5 Å². The molecule has 0 saturated heterocycles. The minimum atomic E-state index is -0.837. The number of thioether (sulfide) groups is 1. The number of aliphatic carboxylic acids is 1. The lowest BCUT2D eigenvalue weighted by Gasteiger charge is -2.05. The molecule has 1 heterocycles. The van der Waals surface area contributed by atoms with Gasteiger partial charge < -0.3 is 10.8 Å². The van der Waals surface area contributed by atoms with E-state index in [9.17, 15) is 4.79 Å². The molecule has 0 unspecified atom stereocenters. The Labute approximate surface area is 96.1 Å². The van der Waals surface area contributed by atoms with E-state index in [4.69, 9.17) is 22.4 Å². The highest BCUT2D eigenvalue weighted by atomic mass is 35.5. The van der Waals surface area contributed by atoms with E-state index in [-0.39, 0.29) is 11.1 Å². The molecular weight excluding hydrogens is 238 g/mol. The summed E-state index contributed by atoms with van der Waals surface area (Å²) in [6.45, 7) is 1.63. The zero-order valence-electron chi connectivity index (χ0n) is 7.98. The third kappa shape index (κ3) is 3.93. The number of rotatable bonds is 4. The predicted octanol–water partition coefficient (Wildman–Crippen LogP) is 1.53. The number of anilines is 1. The molecule has 0 bridgehead atoms. The number of carbonyl (C=O) groups is 1. The Hall–Kier alpha value is -1.01. The lowest BCUT2D eigenvalue weighted by atomic mass is 10.2. The highest BCUT2D eigenvalue weighted by Crippen LogP contribution is 2.21. The molecule has 1 atom stereocenters. The van der Waals surface area contributed by atoms with E-state index < -0.39 is 11.9 Å². The standard InChI is InChI=1S/C8H10ClN3O2S/c1-4(7(13)14)3-15-6-2-5(9)11-8(10)12-6/h2,4H,3H2,1H3,(H,13,14)(H2,10,11,12)/t4-/m0/s1. The van der Waals surface area contributed by atoms with Gasteiger partial charge in [0.25, 0.3) is 0 Å². The van der Waals surface area contributed by atoms with Crippen LogP contribution in [-0.4, -0.2) is 26.8 Å². The fourth-order valence-corrected chi connectivity index (χ4v) is 1.94. The second-order valence-corrected chi connectivity index (χ2v) is 4.36. The van der Waals surface area contributed by atoms with Crippen molar-refractivity contribution in [2.24, 2.45) is 5.92 Å². The third-order valence-corrected chi connectivity index (χ3v) is 2.96. The molecule has 0 aliphatic rings. The highest BCUT2D eigenvalue weighted by Gasteiger charge is 2.12. The number of nitrogen functional groups attached to an aromatic ring is 1. The number of aromatic nitrogens is 2. The normalized spacial score (nSPS) is 12.4. The molecule has 0 saturated carbocycles. The van der Waals surface area contributed by atoms with Crippen LogP contribution in [0.3, 0.4) is 0 Å². The van der Waals surface area contributed by atoms with Crippen LogP contribution in [0.25, 0.3) is 0 Å². The van der Waals surface area contributed by atoms with Gasteiger partial charge in [0.05, 0.1) is 5.92 Å². The Morgan fingerprint density at radius 2 is 2.40 bits per heavy atom. The van der Waals surface area contributed by atoms with E-state index in [0.29, 0.717) is 10.8 Å². The minimum Gasteiger partial charge on any atom is -0.481 e. The second kappa shape index (κ2) is 5.18. The maximum absolute atomic E-state index is 10.6. The number of nitrogens with two attached hydrogens (primary N) is 1. The van der Waals surface area contributed by atoms with Gasteiger partial charge in [-0.3, -0.25) is 4.79 Å². The van der Waals surface area contributed by atoms with Crippen LogP contribution in [0.5, 0.6) is 0 Å². The van der Waals surface area contributed by atoms with Gasteiger partial charge in [-0.25, -0.2) is 9.97 Å². The number of hydrogen-bond donors (Lipinski definition) is 2. The van der Waals surface area contributed by atoms with E-state index in [2.05, 4.69) is 9.97 Å². The zero-order valence-corrected chi connectivity index (χ0v) is 9.55. The van der Waals surface area contributed by atoms with Gasteiger partial charge in [0.1, 0.15) is 10.2 Å². The largest absolute Gasteiger partial charge is 0.481 e. The molecule has 1 aromatic heterocycles. The molecular formula is C8H10ClN3O2S. The lowest BCUT2D eigenvalue weighted by Crippen LogP contribution is -2.11. The quantitative estimate of drug-likeness (QED) is 0.620. The Kier molecular flexibility index (Phi) is 4.16. The van der Waals surface area contributed by atoms with E-state index in [1.807, 2.05) is 0 Å². The van der Waals surface area contributed by atoms with Crippen LogP contribution in [0.2, 0.25) is 5.15 Å². The summed E-state index contributed by atoms with van der Waals surface area (Å²) in [6, 6.07) is 1.55. The summed E-state index contributed by atoms with van der Waals surface area (Å²) in [6.07, 6.45) is 0. The van der Waals surface area contributed by atoms with Crippen LogP contribution in [0.4, 0.5) is 5.95 Å². The van der Waals surface area contributed by atoms with Gasteiger partial charge in [0, 0.05) is 11.8 Å². The van der Waals surface area contributed by atoms with Gasteiger partial charge in [-0.2, -0.15) is 0 Å². The first-order chi connectivity index (χ1) is 6.99. The zero-order chi connectivity index (χ0) is 11.4. The van der Waals surface area contributed by atoms with E-state index in [0.717, 1.165) is 0 Å². The van der Waals surface area contributed by atoms with Crippen molar-refractivity contribution in [1.29, 1.82) is 0 Å². The summed E-state index contributed by atoms with van der Waals surface area (Å²) in [5.41, 5.74) is 5.39. The van der Waals surface area contributed by atoms with Crippen LogP contribution in [-0.2, 0) is 4.79 Å². The predicted molar refractivity (Wildman–Crippen MR) is 59.0 cm³/mol. The lowest BCUT2D eigenvalue weighted by molar-refractivity contribution is -0.140. The molecule has 0 fully saturated rings. The summed E-state index contributed by atoms with van der Waals surface area (Å²) in [4.78, 5) is 18.2. The van der Waals surface area contributed by atoms with Crippen molar-refractivity contribution in [3.8, 4) is 0 Å². The molecule has 0 radical (unpaired) electrons. The maximum Gasteiger partial charge on any atom is 0.307 e. The summed E-state index contributed by atoms with van der Waals surface area (Å²) >= 11 is 6.96. The van der Waals surface area contributed by atoms with Gasteiger partial charge in [-0.15, -0.1) is 11.8 Å². The van der Waals surface area contributed by atoms with Gasteiger partial charge in [0.2, 0.25) is 5.95 Å². The number of halogens is 1. The van der Waals surface area contributed by atoms with Crippen molar-refractivity contribution >= 4 is 35.3 Å². The SMILES string of the molecule is C[C@@H](CSc1cc(Cl)nc(N)n1)C(=O)O. The topological polar surface area (TPSA) is 89.1 Å². The summed E-state index contributed by atoms with van der Waals surface area (Å²) in [5.74, 6) is -0.768. The molecule has 0 aromatic carbocycles. The van der Waals surface area contributed by atoms with Crippen molar-refractivity contribution in [3.63, 3.8) is 0 Å². The number of nitrogens with zero attached hydrogens (tertiary/aromatic N) is 2. The maximum atomic E-state index is 10.6. The fraction of sp³-hybridized carbons (Fsp3) is 0.375. The second-order valence-electron chi connectivity index (χ2n) is 2.94. The summed E-state index contributed by atoms with van der Waals surface area (Å²) in [5, 5.41) is 9.51. The number of carboxylic acids is 1. The van der Waals surface area contributed by atoms with Crippen molar-refractivity contribution in [2.75, 3.05) is 11.5 Å². The fourth-order valence-electron chi connectivity index (χ4n) is 0.769. The first-order valence-electron chi connectivity index (χ1n) is 4.14. The molecule has 0 amide bonds. The Bertz CT molecular complexity index is 355. The molecule has 15 heavy (non-hydrogen) atoms. The first kappa shape index (κ1) is 12.1. The average Bonchev–Trinajstić information content (AvgIpc) is 2.12. The molecule has 7 heteroatoms. The summed E-state index contributed by atoms with van der Waals surface area (Å²) in [7, 11) is 0. The first-order valence-corrected chi connectivity index (χ1v) is 5.51. The van der Waals surface area contributed by atoms with Crippen LogP contribution in [0, 0.1) is 5.92 Å². The van der Waals surface area contributed by atoms with E-state index in [1.54, 1.807) is 13.0 Å².